The Balaban J connectivity index is 1.75. The third-order valence-electron chi connectivity index (χ3n) is 4.04. The molecule has 2 fully saturated rings. The molecule has 0 saturated heterocycles. The summed E-state index contributed by atoms with van der Waals surface area (Å²) in [5.41, 5.74) is 0.589. The van der Waals surface area contributed by atoms with Crippen molar-refractivity contribution in [1.29, 1.82) is 0 Å². The van der Waals surface area contributed by atoms with Crippen molar-refractivity contribution < 1.29 is 9.90 Å². The van der Waals surface area contributed by atoms with Gasteiger partial charge in [0, 0.05) is 6.54 Å². The number of nitrogens with zero attached hydrogens (tertiary/aromatic N) is 1. The quantitative estimate of drug-likeness (QED) is 0.804. The van der Waals surface area contributed by atoms with Gasteiger partial charge in [0.05, 0.1) is 0 Å². The van der Waals surface area contributed by atoms with Crippen molar-refractivity contribution in [3.05, 3.63) is 22.8 Å². The third-order valence-corrected chi connectivity index (χ3v) is 4.25. The van der Waals surface area contributed by atoms with E-state index in [1.807, 2.05) is 0 Å². The van der Waals surface area contributed by atoms with Crippen molar-refractivity contribution >= 4 is 23.4 Å². The molecule has 0 atom stereocenters. The van der Waals surface area contributed by atoms with E-state index in [4.69, 9.17) is 16.7 Å². The lowest BCUT2D eigenvalue weighted by Gasteiger charge is -2.16. The van der Waals surface area contributed by atoms with Crippen LogP contribution < -0.4 is 5.32 Å². The SMILES string of the molecule is O=C(O)c1ccc(Cl)nc1NCC1(C2CC2)CC1. The molecule has 2 N–H and O–H groups in total. The van der Waals surface area contributed by atoms with Gasteiger partial charge >= 0.3 is 5.97 Å². The van der Waals surface area contributed by atoms with Crippen LogP contribution in [0.15, 0.2) is 12.1 Å². The minimum Gasteiger partial charge on any atom is -0.478 e. The van der Waals surface area contributed by atoms with Crippen molar-refractivity contribution in [2.24, 2.45) is 11.3 Å². The average molecular weight is 267 g/mol. The summed E-state index contributed by atoms with van der Waals surface area (Å²) < 4.78 is 0. The van der Waals surface area contributed by atoms with Gasteiger partial charge in [0.2, 0.25) is 0 Å². The zero-order valence-electron chi connectivity index (χ0n) is 9.95. The minimum atomic E-state index is -0.974. The van der Waals surface area contributed by atoms with Crippen LogP contribution in [-0.2, 0) is 0 Å². The van der Waals surface area contributed by atoms with Crippen LogP contribution >= 0.6 is 11.6 Å². The van der Waals surface area contributed by atoms with Gasteiger partial charge in [-0.05, 0) is 49.1 Å². The maximum atomic E-state index is 11.1. The summed E-state index contributed by atoms with van der Waals surface area (Å²) in [4.78, 5) is 15.2. The lowest BCUT2D eigenvalue weighted by Crippen LogP contribution is -2.19. The number of aromatic carboxylic acids is 1. The third kappa shape index (κ3) is 2.17. The maximum Gasteiger partial charge on any atom is 0.339 e. The molecular formula is C13H15ClN2O2. The normalized spacial score (nSPS) is 20.5. The summed E-state index contributed by atoms with van der Waals surface area (Å²) in [6, 6.07) is 3.00. The molecule has 1 heterocycles. The highest BCUT2D eigenvalue weighted by Crippen LogP contribution is 2.61. The fourth-order valence-corrected chi connectivity index (χ4v) is 2.74. The van der Waals surface area contributed by atoms with Gasteiger partial charge in [-0.25, -0.2) is 9.78 Å². The van der Waals surface area contributed by atoms with Gasteiger partial charge in [0.15, 0.2) is 0 Å². The molecular weight excluding hydrogens is 252 g/mol. The predicted molar refractivity (Wildman–Crippen MR) is 69.1 cm³/mol. The number of pyridine rings is 1. The largest absolute Gasteiger partial charge is 0.478 e. The minimum absolute atomic E-state index is 0.186. The molecule has 0 bridgehead atoms. The molecule has 0 aromatic carbocycles. The second-order valence-corrected chi connectivity index (χ2v) is 5.71. The van der Waals surface area contributed by atoms with Crippen LogP contribution in [0.5, 0.6) is 0 Å². The number of halogens is 1. The van der Waals surface area contributed by atoms with Gasteiger partial charge in [0.1, 0.15) is 16.5 Å². The second kappa shape index (κ2) is 4.12. The highest BCUT2D eigenvalue weighted by Gasteiger charge is 2.53. The van der Waals surface area contributed by atoms with E-state index in [9.17, 15) is 4.79 Å². The molecule has 0 unspecified atom stereocenters. The van der Waals surface area contributed by atoms with Gasteiger partial charge in [-0.1, -0.05) is 11.6 Å². The summed E-state index contributed by atoms with van der Waals surface area (Å²) >= 11 is 5.82. The van der Waals surface area contributed by atoms with Crippen LogP contribution in [0.1, 0.15) is 36.0 Å². The van der Waals surface area contributed by atoms with E-state index in [2.05, 4.69) is 10.3 Å². The van der Waals surface area contributed by atoms with Gasteiger partial charge < -0.3 is 10.4 Å². The number of aromatic nitrogens is 1. The van der Waals surface area contributed by atoms with E-state index in [-0.39, 0.29) is 5.56 Å². The smallest absolute Gasteiger partial charge is 0.339 e. The zero-order valence-corrected chi connectivity index (χ0v) is 10.7. The number of carbonyl (C=O) groups is 1. The van der Waals surface area contributed by atoms with E-state index in [1.165, 1.54) is 37.8 Å². The first-order chi connectivity index (χ1) is 8.61. The number of hydrogen-bond acceptors (Lipinski definition) is 3. The van der Waals surface area contributed by atoms with Crippen LogP contribution in [0.4, 0.5) is 5.82 Å². The topological polar surface area (TPSA) is 62.2 Å². The summed E-state index contributed by atoms with van der Waals surface area (Å²) in [5, 5.41) is 12.6. The van der Waals surface area contributed by atoms with Crippen molar-refractivity contribution in [2.45, 2.75) is 25.7 Å². The lowest BCUT2D eigenvalue weighted by molar-refractivity contribution is 0.0697. The first kappa shape index (κ1) is 11.8. The number of anilines is 1. The van der Waals surface area contributed by atoms with Crippen molar-refractivity contribution in [3.8, 4) is 0 Å². The predicted octanol–water partition coefficient (Wildman–Crippen LogP) is 3.04. The van der Waals surface area contributed by atoms with Gasteiger partial charge in [-0.15, -0.1) is 0 Å². The molecule has 0 aliphatic heterocycles. The number of hydrogen-bond donors (Lipinski definition) is 2. The highest BCUT2D eigenvalue weighted by molar-refractivity contribution is 6.29. The van der Waals surface area contributed by atoms with Crippen LogP contribution in [0.25, 0.3) is 0 Å². The number of rotatable bonds is 5. The van der Waals surface area contributed by atoms with E-state index >= 15 is 0 Å². The Morgan fingerprint density at radius 3 is 2.78 bits per heavy atom. The average Bonchev–Trinajstić information content (AvgIpc) is 3.18. The molecule has 2 aliphatic carbocycles. The van der Waals surface area contributed by atoms with E-state index in [1.54, 1.807) is 0 Å². The summed E-state index contributed by atoms with van der Waals surface area (Å²) in [6.07, 6.45) is 5.12. The fraction of sp³-hybridized carbons (Fsp3) is 0.538. The summed E-state index contributed by atoms with van der Waals surface area (Å²) in [7, 11) is 0. The van der Waals surface area contributed by atoms with Crippen molar-refractivity contribution in [2.75, 3.05) is 11.9 Å². The van der Waals surface area contributed by atoms with Crippen molar-refractivity contribution in [3.63, 3.8) is 0 Å². The fourth-order valence-electron chi connectivity index (χ4n) is 2.59. The zero-order chi connectivity index (χ0) is 12.8. The molecule has 96 valence electrons. The first-order valence-electron chi connectivity index (χ1n) is 6.24. The second-order valence-electron chi connectivity index (χ2n) is 5.33. The van der Waals surface area contributed by atoms with Gasteiger partial charge in [-0.3, -0.25) is 0 Å². The van der Waals surface area contributed by atoms with Crippen LogP contribution in [0.3, 0.4) is 0 Å². The highest BCUT2D eigenvalue weighted by atomic mass is 35.5. The standard InChI is InChI=1S/C13H15ClN2O2/c14-10-4-3-9(12(17)18)11(16-10)15-7-13(5-6-13)8-1-2-8/h3-4,8H,1-2,5-7H2,(H,15,16)(H,17,18). The Morgan fingerprint density at radius 1 is 1.50 bits per heavy atom. The first-order valence-corrected chi connectivity index (χ1v) is 6.62. The van der Waals surface area contributed by atoms with Crippen molar-refractivity contribution in [1.82, 2.24) is 4.98 Å². The molecule has 5 heteroatoms. The summed E-state index contributed by atoms with van der Waals surface area (Å²) in [6.45, 7) is 0.811. The Bertz CT molecular complexity index is 496. The molecule has 3 rings (SSSR count). The Hall–Kier alpha value is -1.29. The molecule has 18 heavy (non-hydrogen) atoms. The Kier molecular flexibility index (Phi) is 2.70. The number of nitrogens with one attached hydrogen (secondary N) is 1. The molecule has 0 radical (unpaired) electrons. The molecule has 4 nitrogen and oxygen atoms in total. The van der Waals surface area contributed by atoms with Gasteiger partial charge in [0.25, 0.3) is 0 Å². The monoisotopic (exact) mass is 266 g/mol. The molecule has 2 saturated carbocycles. The molecule has 1 aromatic heterocycles. The Labute approximate surface area is 110 Å². The molecule has 1 aromatic rings. The van der Waals surface area contributed by atoms with E-state index in [0.29, 0.717) is 16.4 Å². The number of carboxylic acids is 1. The van der Waals surface area contributed by atoms with Crippen LogP contribution in [0, 0.1) is 11.3 Å². The summed E-state index contributed by atoms with van der Waals surface area (Å²) in [5.74, 6) is 0.248. The lowest BCUT2D eigenvalue weighted by atomic mass is 10.0. The van der Waals surface area contributed by atoms with Crippen LogP contribution in [0.2, 0.25) is 5.15 Å². The maximum absolute atomic E-state index is 11.1. The van der Waals surface area contributed by atoms with E-state index < -0.39 is 5.97 Å². The van der Waals surface area contributed by atoms with Crippen LogP contribution in [-0.4, -0.2) is 22.6 Å². The Morgan fingerprint density at radius 2 is 2.22 bits per heavy atom. The molecule has 0 amide bonds. The number of carboxylic acid groups (broad SMARTS) is 1. The van der Waals surface area contributed by atoms with Gasteiger partial charge in [-0.2, -0.15) is 0 Å². The molecule has 0 spiro atoms. The molecule has 2 aliphatic rings. The van der Waals surface area contributed by atoms with E-state index in [0.717, 1.165) is 12.5 Å².